The number of hydrogen-bond donors (Lipinski definition) is 2. The molecule has 0 bridgehead atoms. The third kappa shape index (κ3) is 54.4. The van der Waals surface area contributed by atoms with Crippen LogP contribution in [-0.2, 0) is 11.0 Å². The topological polar surface area (TPSA) is 78.2 Å². The second kappa shape index (κ2) is 8.83. The van der Waals surface area contributed by atoms with Gasteiger partial charge in [-0.2, -0.15) is 0 Å². The summed E-state index contributed by atoms with van der Waals surface area (Å²) in [4.78, 5) is 0. The molecule has 0 unspecified atom stereocenters. The Morgan fingerprint density at radius 3 is 1.50 bits per heavy atom. The van der Waals surface area contributed by atoms with Gasteiger partial charge >= 0.3 is 0 Å². The Balaban J connectivity index is 0. The van der Waals surface area contributed by atoms with Crippen molar-refractivity contribution in [1.29, 1.82) is 5.26 Å². The van der Waals surface area contributed by atoms with E-state index >= 15 is 0 Å². The maximum absolute atomic E-state index is 8.59. The van der Waals surface area contributed by atoms with Crippen LogP contribution in [0.3, 0.4) is 0 Å². The van der Waals surface area contributed by atoms with Crippen LogP contribution in [0.1, 0.15) is 0 Å². The molecule has 0 rings (SSSR count). The van der Waals surface area contributed by atoms with E-state index in [0.717, 1.165) is 0 Å². The molecular weight excluding hydrogens is 106 g/mol. The van der Waals surface area contributed by atoms with E-state index in [1.807, 2.05) is 0 Å². The van der Waals surface area contributed by atoms with Gasteiger partial charge in [-0.05, 0) is 0 Å². The Labute approximate surface area is 36.8 Å². The van der Waals surface area contributed by atoms with Gasteiger partial charge in [0, 0.05) is 6.57 Å². The minimum absolute atomic E-state index is 3.12. The molecule has 0 saturated carbocycles. The summed E-state index contributed by atoms with van der Waals surface area (Å²) >= 11 is 0. The fourth-order valence-corrected chi connectivity index (χ4v) is 0. The van der Waals surface area contributed by atoms with Crippen LogP contribution in [0, 0.1) is 11.8 Å². The zero-order chi connectivity index (χ0) is 5.58. The molecule has 4 nitrogen and oxygen atoms in total. The van der Waals surface area contributed by atoms with Crippen molar-refractivity contribution >= 4 is 11.0 Å². The summed E-state index contributed by atoms with van der Waals surface area (Å²) in [5.41, 5.74) is 0. The van der Waals surface area contributed by atoms with Crippen LogP contribution in [0.15, 0.2) is 0 Å². The lowest BCUT2D eigenvalue weighted by atomic mass is 11.9. The molecule has 0 aliphatic carbocycles. The van der Waals surface area contributed by atoms with Gasteiger partial charge in [-0.3, -0.25) is 4.55 Å². The lowest BCUT2D eigenvalue weighted by Crippen LogP contribution is -1.58. The largest absolute Gasteiger partial charge is 0.288 e. The summed E-state index contributed by atoms with van der Waals surface area (Å²) in [6.07, 6.45) is 0. The zero-order valence-electron chi connectivity index (χ0n) is 2.74. The fourth-order valence-electron chi connectivity index (χ4n) is 0. The summed E-state index contributed by atoms with van der Waals surface area (Å²) in [7, 11) is -3.12. The minimum atomic E-state index is -3.12. The van der Waals surface area contributed by atoms with Gasteiger partial charge < -0.3 is 0 Å². The first-order valence-corrected chi connectivity index (χ1v) is 1.95. The molecule has 0 spiro atoms. The van der Waals surface area contributed by atoms with Crippen molar-refractivity contribution in [3.05, 3.63) is 0 Å². The lowest BCUT2D eigenvalue weighted by Gasteiger charge is -1.43. The van der Waals surface area contributed by atoms with E-state index in [2.05, 4.69) is 6.57 Å². The molecule has 0 amide bonds. The monoisotopic (exact) mass is 109 g/mol. The Morgan fingerprint density at radius 2 is 1.50 bits per heavy atom. The summed E-state index contributed by atoms with van der Waals surface area (Å²) < 4.78 is 24.2. The maximum atomic E-state index is 8.59. The lowest BCUT2D eigenvalue weighted by molar-refractivity contribution is 0.509. The molecule has 0 aromatic carbocycles. The maximum Gasteiger partial charge on any atom is 0.254 e. The van der Waals surface area contributed by atoms with Gasteiger partial charge in [-0.15, -0.1) is 0 Å². The van der Waals surface area contributed by atoms with E-state index in [1.54, 1.807) is 0 Å². The third-order valence-electron chi connectivity index (χ3n) is 0. The van der Waals surface area contributed by atoms with Crippen molar-refractivity contribution in [2.45, 2.75) is 0 Å². The predicted molar refractivity (Wildman–Crippen MR) is 19.6 cm³/mol. The van der Waals surface area contributed by atoms with Crippen LogP contribution in [0.5, 0.6) is 0 Å². The number of nitrogens with zero attached hydrogens (tertiary/aromatic N) is 1. The third-order valence-corrected chi connectivity index (χ3v) is 0. The summed E-state index contributed by atoms with van der Waals surface area (Å²) in [6, 6.07) is 0. The molecule has 0 saturated heterocycles. The first-order chi connectivity index (χ1) is 2.73. The molecule has 36 valence electrons. The van der Waals surface area contributed by atoms with Crippen LogP contribution >= 0.6 is 0 Å². The second-order valence-electron chi connectivity index (χ2n) is 0.238. The van der Waals surface area contributed by atoms with Crippen molar-refractivity contribution in [2.75, 3.05) is 0 Å². The average Bonchev–Trinajstić information content (AvgIpc) is 1.41. The quantitative estimate of drug-likeness (QED) is 0.315. The smallest absolute Gasteiger partial charge is 0.254 e. The number of thiol groups is 1. The van der Waals surface area contributed by atoms with E-state index in [-0.39, 0.29) is 0 Å². The van der Waals surface area contributed by atoms with E-state index in [4.69, 9.17) is 18.2 Å². The highest BCUT2D eigenvalue weighted by molar-refractivity contribution is 7.66. The fraction of sp³-hybridized carbons (Fsp3) is 0. The molecule has 0 aromatic rings. The Kier molecular flexibility index (Phi) is 13.3. The molecule has 0 aliphatic rings. The Bertz CT molecular complexity index is 84.2. The van der Waals surface area contributed by atoms with E-state index < -0.39 is 11.0 Å². The Morgan fingerprint density at radius 1 is 1.50 bits per heavy atom. The normalized spacial score (nSPS) is 6.00. The first kappa shape index (κ1) is 9.04. The van der Waals surface area contributed by atoms with Gasteiger partial charge in [-0.25, -0.2) is 13.7 Å². The summed E-state index contributed by atoms with van der Waals surface area (Å²) in [5.74, 6) is 0. The van der Waals surface area contributed by atoms with Crippen LogP contribution in [0.2, 0.25) is 0 Å². The number of nitriles is 1. The SMILES string of the molecule is C#N.O=[SH](=O)O. The average molecular weight is 109 g/mol. The molecule has 0 atom stereocenters. The molecule has 0 aliphatic heterocycles. The second-order valence-corrected chi connectivity index (χ2v) is 0.714. The van der Waals surface area contributed by atoms with Crippen molar-refractivity contribution in [2.24, 2.45) is 0 Å². The van der Waals surface area contributed by atoms with Gasteiger partial charge in [0.15, 0.2) is 0 Å². The minimum Gasteiger partial charge on any atom is -0.288 e. The van der Waals surface area contributed by atoms with Crippen molar-refractivity contribution in [3.63, 3.8) is 0 Å². The predicted octanol–water partition coefficient (Wildman–Crippen LogP) is -0.789. The van der Waals surface area contributed by atoms with E-state index in [0.29, 0.717) is 0 Å². The molecule has 0 aromatic heterocycles. The van der Waals surface area contributed by atoms with Gasteiger partial charge in [0.2, 0.25) is 0 Å². The summed E-state index contributed by atoms with van der Waals surface area (Å²) in [6.45, 7) is 3.50. The van der Waals surface area contributed by atoms with E-state index in [9.17, 15) is 0 Å². The van der Waals surface area contributed by atoms with Gasteiger partial charge in [0.1, 0.15) is 0 Å². The molecular formula is CH3NO3S. The van der Waals surface area contributed by atoms with Crippen molar-refractivity contribution < 1.29 is 13.0 Å². The molecule has 0 heterocycles. The Hall–Kier alpha value is -0.600. The number of hydrogen-bond acceptors (Lipinski definition) is 3. The van der Waals surface area contributed by atoms with Gasteiger partial charge in [0.25, 0.3) is 11.0 Å². The molecule has 1 N–H and O–H groups in total. The van der Waals surface area contributed by atoms with Crippen LogP contribution in [-0.4, -0.2) is 13.0 Å². The van der Waals surface area contributed by atoms with Crippen molar-refractivity contribution in [3.8, 4) is 6.57 Å². The molecule has 0 radical (unpaired) electrons. The highest BCUT2D eigenvalue weighted by Crippen LogP contribution is 1.27. The first-order valence-electron chi connectivity index (χ1n) is 0.823. The molecule has 6 heavy (non-hydrogen) atoms. The van der Waals surface area contributed by atoms with Crippen molar-refractivity contribution in [1.82, 2.24) is 0 Å². The molecule has 0 fully saturated rings. The van der Waals surface area contributed by atoms with E-state index in [1.165, 1.54) is 0 Å². The summed E-state index contributed by atoms with van der Waals surface area (Å²) in [5, 5.41) is 6.50. The number of rotatable bonds is 0. The zero-order valence-corrected chi connectivity index (χ0v) is 3.63. The molecule has 5 heteroatoms. The van der Waals surface area contributed by atoms with Crippen LogP contribution in [0.4, 0.5) is 0 Å². The van der Waals surface area contributed by atoms with Gasteiger partial charge in [-0.1, -0.05) is 0 Å². The highest BCUT2D eigenvalue weighted by Gasteiger charge is 1.44. The van der Waals surface area contributed by atoms with Crippen LogP contribution < -0.4 is 0 Å². The van der Waals surface area contributed by atoms with Gasteiger partial charge in [0.05, 0.1) is 0 Å². The standard InChI is InChI=1S/CHN.H2O3S/c1-2;1-4(2)3/h1H;4H,(H,1,2,3). The highest BCUT2D eigenvalue weighted by atomic mass is 32.2. The van der Waals surface area contributed by atoms with Crippen LogP contribution in [0.25, 0.3) is 0 Å².